The van der Waals surface area contributed by atoms with Gasteiger partial charge in [0, 0.05) is 16.8 Å². The average Bonchev–Trinajstić information content (AvgIpc) is 2.47. The second kappa shape index (κ2) is 9.43. The molecule has 0 heterocycles. The van der Waals surface area contributed by atoms with Crippen molar-refractivity contribution >= 4 is 25.8 Å². The Bertz CT molecular complexity index is 532. The van der Waals surface area contributed by atoms with Crippen molar-refractivity contribution in [2.45, 2.75) is 33.2 Å². The van der Waals surface area contributed by atoms with Crippen LogP contribution in [0.2, 0.25) is 0 Å². The molecule has 0 saturated carbocycles. The maximum Gasteiger partial charge on any atom is 0.150 e. The van der Waals surface area contributed by atoms with Gasteiger partial charge in [-0.3, -0.25) is 0 Å². The van der Waals surface area contributed by atoms with Gasteiger partial charge in [0.25, 0.3) is 0 Å². The fourth-order valence-corrected chi connectivity index (χ4v) is 3.02. The minimum Gasteiger partial charge on any atom is -0.494 e. The lowest BCUT2D eigenvalue weighted by Crippen LogP contribution is -2.14. The van der Waals surface area contributed by atoms with Gasteiger partial charge >= 0.3 is 0 Å². The normalized spacial score (nSPS) is 11.6. The van der Waals surface area contributed by atoms with E-state index in [2.05, 4.69) is 28.2 Å². The molecule has 6 heteroatoms. The van der Waals surface area contributed by atoms with Gasteiger partial charge in [0.15, 0.2) is 0 Å². The molecule has 0 fully saturated rings. The van der Waals surface area contributed by atoms with E-state index >= 15 is 0 Å². The van der Waals surface area contributed by atoms with E-state index in [1.54, 1.807) is 6.92 Å². The maximum absolute atomic E-state index is 11.4. The van der Waals surface area contributed by atoms with E-state index in [9.17, 15) is 8.42 Å². The highest BCUT2D eigenvalue weighted by molar-refractivity contribution is 9.10. The highest BCUT2D eigenvalue weighted by atomic mass is 79.9. The van der Waals surface area contributed by atoms with E-state index in [-0.39, 0.29) is 11.5 Å². The molecule has 21 heavy (non-hydrogen) atoms. The molecule has 1 aromatic rings. The third-order valence-electron chi connectivity index (χ3n) is 3.07. The minimum absolute atomic E-state index is 0.185. The van der Waals surface area contributed by atoms with Crippen molar-refractivity contribution in [1.82, 2.24) is 5.32 Å². The fourth-order valence-electron chi connectivity index (χ4n) is 1.79. The highest BCUT2D eigenvalue weighted by Crippen LogP contribution is 2.22. The summed E-state index contributed by atoms with van der Waals surface area (Å²) < 4.78 is 29.5. The van der Waals surface area contributed by atoms with Gasteiger partial charge in [0.1, 0.15) is 15.6 Å². The van der Waals surface area contributed by atoms with Crippen LogP contribution < -0.4 is 10.1 Å². The number of rotatable bonds is 10. The predicted octanol–water partition coefficient (Wildman–Crippen LogP) is 3.15. The largest absolute Gasteiger partial charge is 0.494 e. The van der Waals surface area contributed by atoms with E-state index in [1.165, 1.54) is 0 Å². The third-order valence-corrected chi connectivity index (χ3v) is 5.63. The Morgan fingerprint density at radius 3 is 2.71 bits per heavy atom. The summed E-state index contributed by atoms with van der Waals surface area (Å²) in [5, 5.41) is 3.35. The van der Waals surface area contributed by atoms with Gasteiger partial charge in [0.2, 0.25) is 0 Å². The molecule has 0 atom stereocenters. The summed E-state index contributed by atoms with van der Waals surface area (Å²) in [5.74, 6) is 1.16. The van der Waals surface area contributed by atoms with Gasteiger partial charge in [-0.05, 0) is 43.1 Å². The van der Waals surface area contributed by atoms with Gasteiger partial charge in [-0.25, -0.2) is 8.42 Å². The van der Waals surface area contributed by atoms with Crippen molar-refractivity contribution in [2.24, 2.45) is 0 Å². The van der Waals surface area contributed by atoms with Crippen LogP contribution in [0.15, 0.2) is 22.7 Å². The van der Waals surface area contributed by atoms with Crippen LogP contribution >= 0.6 is 15.9 Å². The Morgan fingerprint density at radius 1 is 1.29 bits per heavy atom. The highest BCUT2D eigenvalue weighted by Gasteiger charge is 2.07. The molecule has 0 bridgehead atoms. The van der Waals surface area contributed by atoms with Crippen LogP contribution in [0.1, 0.15) is 32.3 Å². The molecule has 120 valence electrons. The minimum atomic E-state index is -2.90. The summed E-state index contributed by atoms with van der Waals surface area (Å²) in [7, 11) is -2.90. The van der Waals surface area contributed by atoms with Crippen LogP contribution in [-0.2, 0) is 16.4 Å². The summed E-state index contributed by atoms with van der Waals surface area (Å²) in [5.41, 5.74) is 1.14. The molecule has 1 aromatic carbocycles. The molecular formula is C15H24BrNO3S. The average molecular weight is 378 g/mol. The first-order valence-corrected chi connectivity index (χ1v) is 9.92. The topological polar surface area (TPSA) is 55.4 Å². The summed E-state index contributed by atoms with van der Waals surface area (Å²) in [6, 6.07) is 5.84. The van der Waals surface area contributed by atoms with Crippen molar-refractivity contribution in [1.29, 1.82) is 0 Å². The molecule has 1 N–H and O–H groups in total. The van der Waals surface area contributed by atoms with E-state index in [1.807, 2.05) is 18.2 Å². The van der Waals surface area contributed by atoms with Crippen LogP contribution in [0.4, 0.5) is 0 Å². The Morgan fingerprint density at radius 2 is 2.05 bits per heavy atom. The molecule has 0 aliphatic rings. The summed E-state index contributed by atoms with van der Waals surface area (Å²) >= 11 is 3.52. The molecule has 1 rings (SSSR count). The zero-order valence-corrected chi connectivity index (χ0v) is 15.1. The number of hydrogen-bond acceptors (Lipinski definition) is 4. The fraction of sp³-hybridized carbons (Fsp3) is 0.600. The van der Waals surface area contributed by atoms with Crippen molar-refractivity contribution in [2.75, 3.05) is 24.7 Å². The molecule has 0 aliphatic carbocycles. The molecule has 0 radical (unpaired) electrons. The number of sulfone groups is 1. The van der Waals surface area contributed by atoms with Crippen LogP contribution in [0, 0.1) is 0 Å². The predicted molar refractivity (Wildman–Crippen MR) is 90.6 cm³/mol. The number of benzene rings is 1. The summed E-state index contributed by atoms with van der Waals surface area (Å²) in [6.45, 7) is 5.98. The lowest BCUT2D eigenvalue weighted by atomic mass is 10.2. The molecular weight excluding hydrogens is 354 g/mol. The Labute approximate surface area is 136 Å². The van der Waals surface area contributed by atoms with Crippen molar-refractivity contribution in [3.8, 4) is 5.75 Å². The molecule has 0 unspecified atom stereocenters. The first kappa shape index (κ1) is 18.5. The van der Waals surface area contributed by atoms with Gasteiger partial charge in [-0.1, -0.05) is 29.8 Å². The first-order valence-electron chi connectivity index (χ1n) is 7.31. The van der Waals surface area contributed by atoms with Crippen molar-refractivity contribution in [3.63, 3.8) is 0 Å². The van der Waals surface area contributed by atoms with Crippen LogP contribution in [-0.4, -0.2) is 33.1 Å². The molecule has 0 aromatic heterocycles. The van der Waals surface area contributed by atoms with Crippen molar-refractivity contribution < 1.29 is 13.2 Å². The van der Waals surface area contributed by atoms with Gasteiger partial charge in [-0.2, -0.15) is 0 Å². The van der Waals surface area contributed by atoms with Crippen LogP contribution in [0.25, 0.3) is 0 Å². The zero-order chi connectivity index (χ0) is 15.7. The van der Waals surface area contributed by atoms with Gasteiger partial charge < -0.3 is 10.1 Å². The molecule has 0 aliphatic heterocycles. The second-order valence-corrected chi connectivity index (χ2v) is 8.20. The standard InChI is InChI=1S/C15H24BrNO3S/c1-3-8-17-12-13-11-14(6-7-15(13)16)20-9-5-10-21(18,19)4-2/h6-7,11,17H,3-5,8-10,12H2,1-2H3. The molecule has 4 nitrogen and oxygen atoms in total. The molecule has 0 spiro atoms. The lowest BCUT2D eigenvalue weighted by molar-refractivity contribution is 0.317. The van der Waals surface area contributed by atoms with E-state index < -0.39 is 9.84 Å². The zero-order valence-electron chi connectivity index (χ0n) is 12.7. The van der Waals surface area contributed by atoms with E-state index in [4.69, 9.17) is 4.74 Å². The van der Waals surface area contributed by atoms with Gasteiger partial charge in [0.05, 0.1) is 12.4 Å². The number of ether oxygens (including phenoxy) is 1. The Balaban J connectivity index is 2.46. The second-order valence-electron chi connectivity index (χ2n) is 4.87. The lowest BCUT2D eigenvalue weighted by Gasteiger charge is -2.10. The van der Waals surface area contributed by atoms with Crippen LogP contribution in [0.5, 0.6) is 5.75 Å². The monoisotopic (exact) mass is 377 g/mol. The van der Waals surface area contributed by atoms with Gasteiger partial charge in [-0.15, -0.1) is 0 Å². The Kier molecular flexibility index (Phi) is 8.29. The maximum atomic E-state index is 11.4. The van der Waals surface area contributed by atoms with E-state index in [0.29, 0.717) is 13.0 Å². The first-order chi connectivity index (χ1) is 9.98. The summed E-state index contributed by atoms with van der Waals surface area (Å²) in [4.78, 5) is 0. The smallest absolute Gasteiger partial charge is 0.150 e. The number of hydrogen-bond donors (Lipinski definition) is 1. The number of halogens is 1. The third kappa shape index (κ3) is 7.29. The Hall–Kier alpha value is -0.590. The van der Waals surface area contributed by atoms with Crippen LogP contribution in [0.3, 0.4) is 0 Å². The molecule has 0 saturated heterocycles. The SMILES string of the molecule is CCCNCc1cc(OCCCS(=O)(=O)CC)ccc1Br. The van der Waals surface area contributed by atoms with Crippen molar-refractivity contribution in [3.05, 3.63) is 28.2 Å². The molecule has 0 amide bonds. The quantitative estimate of drug-likeness (QED) is 0.636. The number of nitrogens with one attached hydrogen (secondary N) is 1. The van der Waals surface area contributed by atoms with E-state index in [0.717, 1.165) is 35.3 Å². The summed E-state index contributed by atoms with van der Waals surface area (Å²) in [6.07, 6.45) is 1.62.